The van der Waals surface area contributed by atoms with E-state index in [2.05, 4.69) is 24.6 Å². The Bertz CT molecular complexity index is 770. The summed E-state index contributed by atoms with van der Waals surface area (Å²) >= 11 is 0. The van der Waals surface area contributed by atoms with Crippen LogP contribution in [-0.4, -0.2) is 8.42 Å². The largest absolute Gasteiger partial charge is 0.280 e. The predicted octanol–water partition coefficient (Wildman–Crippen LogP) is 5.95. The Morgan fingerprint density at radius 3 is 2.08 bits per heavy atom. The summed E-state index contributed by atoms with van der Waals surface area (Å²) in [5, 5.41) is 0. The smallest absolute Gasteiger partial charge is 0.262 e. The van der Waals surface area contributed by atoms with Gasteiger partial charge in [-0.15, -0.1) is 0 Å². The van der Waals surface area contributed by atoms with Gasteiger partial charge in [-0.05, 0) is 55.0 Å². The molecule has 0 bridgehead atoms. The summed E-state index contributed by atoms with van der Waals surface area (Å²) in [4.78, 5) is 0.437. The van der Waals surface area contributed by atoms with Crippen molar-refractivity contribution in [3.05, 3.63) is 59.7 Å². The van der Waals surface area contributed by atoms with Crippen LogP contribution in [0.15, 0.2) is 53.4 Å². The van der Waals surface area contributed by atoms with E-state index in [0.29, 0.717) is 10.6 Å². The monoisotopic (exact) mass is 373 g/mol. The molecule has 142 valence electrons. The quantitative estimate of drug-likeness (QED) is 0.494. The van der Waals surface area contributed by atoms with Gasteiger partial charge in [-0.3, -0.25) is 4.72 Å². The SMILES string of the molecule is CCCCCc1cccc(S(=O)(=O)Nc2ccccc2)c1CCCCC. The number of hydrogen-bond acceptors (Lipinski definition) is 2. The molecule has 0 saturated heterocycles. The first kappa shape index (κ1) is 20.5. The molecule has 3 nitrogen and oxygen atoms in total. The first-order chi connectivity index (χ1) is 12.6. The third-order valence-electron chi connectivity index (χ3n) is 4.63. The minimum Gasteiger partial charge on any atom is -0.280 e. The molecular formula is C22H31NO2S. The number of benzene rings is 2. The molecule has 1 N–H and O–H groups in total. The van der Waals surface area contributed by atoms with Crippen LogP contribution in [0.3, 0.4) is 0 Å². The zero-order valence-corrected chi connectivity index (χ0v) is 16.8. The molecule has 0 unspecified atom stereocenters. The summed E-state index contributed by atoms with van der Waals surface area (Å²) in [5.41, 5.74) is 2.79. The summed E-state index contributed by atoms with van der Waals surface area (Å²) in [6.45, 7) is 4.36. The third-order valence-corrected chi connectivity index (χ3v) is 6.09. The van der Waals surface area contributed by atoms with Crippen LogP contribution in [0.1, 0.15) is 63.5 Å². The molecule has 0 amide bonds. The van der Waals surface area contributed by atoms with Gasteiger partial charge in [-0.1, -0.05) is 69.9 Å². The van der Waals surface area contributed by atoms with Gasteiger partial charge in [0.25, 0.3) is 10.0 Å². The minimum atomic E-state index is -3.58. The molecule has 0 aliphatic heterocycles. The van der Waals surface area contributed by atoms with E-state index in [1.165, 1.54) is 18.4 Å². The maximum Gasteiger partial charge on any atom is 0.262 e. The normalized spacial score (nSPS) is 11.5. The molecule has 2 aromatic carbocycles. The molecule has 2 rings (SSSR count). The van der Waals surface area contributed by atoms with Crippen LogP contribution in [-0.2, 0) is 22.9 Å². The van der Waals surface area contributed by atoms with Gasteiger partial charge in [0.15, 0.2) is 0 Å². The first-order valence-electron chi connectivity index (χ1n) is 9.77. The van der Waals surface area contributed by atoms with Crippen LogP contribution in [0.4, 0.5) is 5.69 Å². The molecule has 0 fully saturated rings. The van der Waals surface area contributed by atoms with Crippen molar-refractivity contribution >= 4 is 15.7 Å². The summed E-state index contributed by atoms with van der Waals surface area (Å²) in [6.07, 6.45) is 8.48. The Morgan fingerprint density at radius 2 is 1.42 bits per heavy atom. The van der Waals surface area contributed by atoms with Gasteiger partial charge in [-0.25, -0.2) is 8.42 Å². The number of nitrogens with one attached hydrogen (secondary N) is 1. The van der Waals surface area contributed by atoms with Crippen LogP contribution in [0.5, 0.6) is 0 Å². The number of rotatable bonds is 11. The van der Waals surface area contributed by atoms with Gasteiger partial charge in [0.2, 0.25) is 0 Å². The van der Waals surface area contributed by atoms with E-state index in [9.17, 15) is 8.42 Å². The molecule has 0 spiro atoms. The topological polar surface area (TPSA) is 46.2 Å². The van der Waals surface area contributed by atoms with Crippen molar-refractivity contribution < 1.29 is 8.42 Å². The minimum absolute atomic E-state index is 0.437. The number of unbranched alkanes of at least 4 members (excludes halogenated alkanes) is 4. The number of anilines is 1. The van der Waals surface area contributed by atoms with Crippen molar-refractivity contribution in [2.45, 2.75) is 70.1 Å². The average molecular weight is 374 g/mol. The van der Waals surface area contributed by atoms with Gasteiger partial charge in [0.05, 0.1) is 4.90 Å². The molecule has 0 aliphatic carbocycles. The van der Waals surface area contributed by atoms with E-state index in [-0.39, 0.29) is 0 Å². The summed E-state index contributed by atoms with van der Waals surface area (Å²) in [7, 11) is -3.58. The summed E-state index contributed by atoms with van der Waals surface area (Å²) in [5.74, 6) is 0. The fraction of sp³-hybridized carbons (Fsp3) is 0.455. The van der Waals surface area contributed by atoms with E-state index in [0.717, 1.165) is 44.1 Å². The Hall–Kier alpha value is -1.81. The molecule has 0 radical (unpaired) electrons. The second kappa shape index (κ2) is 10.4. The van der Waals surface area contributed by atoms with Crippen molar-refractivity contribution in [2.24, 2.45) is 0 Å². The summed E-state index contributed by atoms with van der Waals surface area (Å²) < 4.78 is 28.8. The molecule has 0 saturated carbocycles. The highest BCUT2D eigenvalue weighted by Gasteiger charge is 2.20. The van der Waals surface area contributed by atoms with Crippen LogP contribution in [0.2, 0.25) is 0 Å². The van der Waals surface area contributed by atoms with Gasteiger partial charge in [0, 0.05) is 5.69 Å². The van der Waals surface area contributed by atoms with E-state index in [1.807, 2.05) is 24.3 Å². The zero-order valence-electron chi connectivity index (χ0n) is 16.0. The van der Waals surface area contributed by atoms with Gasteiger partial charge >= 0.3 is 0 Å². The van der Waals surface area contributed by atoms with Gasteiger partial charge in [-0.2, -0.15) is 0 Å². The zero-order chi connectivity index (χ0) is 18.8. The Labute approximate surface area is 158 Å². The van der Waals surface area contributed by atoms with E-state index in [4.69, 9.17) is 0 Å². The second-order valence-corrected chi connectivity index (χ2v) is 8.43. The molecule has 4 heteroatoms. The lowest BCUT2D eigenvalue weighted by molar-refractivity contribution is 0.598. The summed E-state index contributed by atoms with van der Waals surface area (Å²) in [6, 6.07) is 14.8. The predicted molar refractivity (Wildman–Crippen MR) is 110 cm³/mol. The van der Waals surface area contributed by atoms with E-state index < -0.39 is 10.0 Å². The second-order valence-electron chi connectivity index (χ2n) is 6.78. The Balaban J connectivity index is 2.33. The number of hydrogen-bond donors (Lipinski definition) is 1. The lowest BCUT2D eigenvalue weighted by Gasteiger charge is -2.16. The van der Waals surface area contributed by atoms with Gasteiger partial charge in [0.1, 0.15) is 0 Å². The molecule has 0 atom stereocenters. The fourth-order valence-corrected chi connectivity index (χ4v) is 4.59. The third kappa shape index (κ3) is 5.87. The molecule has 2 aromatic rings. The maximum atomic E-state index is 13.0. The van der Waals surface area contributed by atoms with Crippen LogP contribution < -0.4 is 4.72 Å². The molecular weight excluding hydrogens is 342 g/mol. The maximum absolute atomic E-state index is 13.0. The number of para-hydroxylation sites is 1. The van der Waals surface area contributed by atoms with Crippen molar-refractivity contribution in [2.75, 3.05) is 4.72 Å². The van der Waals surface area contributed by atoms with Crippen LogP contribution in [0, 0.1) is 0 Å². The number of aryl methyl sites for hydroxylation is 1. The highest BCUT2D eigenvalue weighted by atomic mass is 32.2. The Morgan fingerprint density at radius 1 is 0.769 bits per heavy atom. The average Bonchev–Trinajstić information content (AvgIpc) is 2.63. The first-order valence-corrected chi connectivity index (χ1v) is 11.3. The highest BCUT2D eigenvalue weighted by molar-refractivity contribution is 7.92. The van der Waals surface area contributed by atoms with Crippen molar-refractivity contribution in [3.63, 3.8) is 0 Å². The van der Waals surface area contributed by atoms with Crippen molar-refractivity contribution in [3.8, 4) is 0 Å². The van der Waals surface area contributed by atoms with Crippen molar-refractivity contribution in [1.29, 1.82) is 0 Å². The lowest BCUT2D eigenvalue weighted by atomic mass is 9.97. The molecule has 26 heavy (non-hydrogen) atoms. The van der Waals surface area contributed by atoms with Crippen LogP contribution >= 0.6 is 0 Å². The fourth-order valence-electron chi connectivity index (χ4n) is 3.21. The molecule has 0 aliphatic rings. The Kier molecular flexibility index (Phi) is 8.17. The van der Waals surface area contributed by atoms with Gasteiger partial charge < -0.3 is 0 Å². The lowest BCUT2D eigenvalue weighted by Crippen LogP contribution is -2.16. The van der Waals surface area contributed by atoms with E-state index >= 15 is 0 Å². The molecule has 0 heterocycles. The van der Waals surface area contributed by atoms with E-state index in [1.54, 1.807) is 18.2 Å². The standard InChI is InChI=1S/C22H31NO2S/c1-3-5-8-13-19-14-12-18-22(21(19)17-9-6-4-2)26(24,25)23-20-15-10-7-11-16-20/h7,10-12,14-16,18,23H,3-6,8-9,13,17H2,1-2H3. The molecule has 0 aromatic heterocycles. The van der Waals surface area contributed by atoms with Crippen molar-refractivity contribution in [1.82, 2.24) is 0 Å². The number of sulfonamides is 1. The highest BCUT2D eigenvalue weighted by Crippen LogP contribution is 2.26. The van der Waals surface area contributed by atoms with Crippen LogP contribution in [0.25, 0.3) is 0 Å².